The molecule has 0 radical (unpaired) electrons. The molecule has 1 heterocycles. The number of guanidine groups is 1. The van der Waals surface area contributed by atoms with Crippen molar-refractivity contribution in [1.82, 2.24) is 15.5 Å². The SMILES string of the molecule is CCNC(=NCc1cccc(NC(C)=O)c1)NC1CC(C)N(Cc2ccccc2)C1. The van der Waals surface area contributed by atoms with Crippen molar-refractivity contribution in [3.8, 4) is 0 Å². The van der Waals surface area contributed by atoms with Gasteiger partial charge in [-0.3, -0.25) is 9.69 Å². The molecule has 0 bridgehead atoms. The number of amides is 1. The van der Waals surface area contributed by atoms with E-state index in [0.29, 0.717) is 18.6 Å². The number of carbonyl (C=O) groups excluding carboxylic acids is 1. The zero-order valence-corrected chi connectivity index (χ0v) is 18.2. The number of nitrogens with one attached hydrogen (secondary N) is 3. The van der Waals surface area contributed by atoms with Crippen LogP contribution in [0.4, 0.5) is 5.69 Å². The molecule has 2 aromatic carbocycles. The van der Waals surface area contributed by atoms with Crippen LogP contribution in [0.2, 0.25) is 0 Å². The van der Waals surface area contributed by atoms with Gasteiger partial charge in [0, 0.05) is 44.3 Å². The molecule has 3 rings (SSSR count). The van der Waals surface area contributed by atoms with Crippen LogP contribution < -0.4 is 16.0 Å². The van der Waals surface area contributed by atoms with E-state index >= 15 is 0 Å². The number of hydrogen-bond acceptors (Lipinski definition) is 3. The molecule has 0 aliphatic carbocycles. The third kappa shape index (κ3) is 6.59. The van der Waals surface area contributed by atoms with Gasteiger partial charge in [0.2, 0.25) is 5.91 Å². The smallest absolute Gasteiger partial charge is 0.221 e. The summed E-state index contributed by atoms with van der Waals surface area (Å²) in [6, 6.07) is 19.4. The fourth-order valence-corrected chi connectivity index (χ4v) is 3.88. The Morgan fingerprint density at radius 3 is 2.63 bits per heavy atom. The van der Waals surface area contributed by atoms with Crippen molar-refractivity contribution >= 4 is 17.6 Å². The third-order valence-electron chi connectivity index (χ3n) is 5.28. The van der Waals surface area contributed by atoms with Gasteiger partial charge in [-0.05, 0) is 43.5 Å². The Hall–Kier alpha value is -2.86. The molecule has 1 amide bonds. The van der Waals surface area contributed by atoms with Crippen LogP contribution in [0.5, 0.6) is 0 Å². The van der Waals surface area contributed by atoms with E-state index < -0.39 is 0 Å². The number of benzene rings is 2. The Kier molecular flexibility index (Phi) is 7.85. The highest BCUT2D eigenvalue weighted by Crippen LogP contribution is 2.20. The van der Waals surface area contributed by atoms with Crippen LogP contribution in [-0.2, 0) is 17.9 Å². The first-order chi connectivity index (χ1) is 14.5. The van der Waals surface area contributed by atoms with Crippen molar-refractivity contribution in [2.75, 3.05) is 18.4 Å². The van der Waals surface area contributed by atoms with Gasteiger partial charge in [0.15, 0.2) is 5.96 Å². The Morgan fingerprint density at radius 1 is 1.13 bits per heavy atom. The topological polar surface area (TPSA) is 68.8 Å². The highest BCUT2D eigenvalue weighted by molar-refractivity contribution is 5.88. The monoisotopic (exact) mass is 407 g/mol. The van der Waals surface area contributed by atoms with Gasteiger partial charge in [-0.2, -0.15) is 0 Å². The van der Waals surface area contributed by atoms with Gasteiger partial charge in [-0.25, -0.2) is 4.99 Å². The van der Waals surface area contributed by atoms with Gasteiger partial charge in [-0.15, -0.1) is 0 Å². The van der Waals surface area contributed by atoms with Crippen molar-refractivity contribution in [3.63, 3.8) is 0 Å². The molecule has 0 spiro atoms. The number of likely N-dealkylation sites (tertiary alicyclic amines) is 1. The first kappa shape index (κ1) is 21.8. The van der Waals surface area contributed by atoms with E-state index in [2.05, 4.69) is 65.0 Å². The number of rotatable bonds is 7. The molecule has 1 aliphatic rings. The van der Waals surface area contributed by atoms with Crippen molar-refractivity contribution in [3.05, 3.63) is 65.7 Å². The molecule has 2 aromatic rings. The maximum atomic E-state index is 11.3. The lowest BCUT2D eigenvalue weighted by Gasteiger charge is -2.21. The van der Waals surface area contributed by atoms with E-state index in [1.54, 1.807) is 0 Å². The predicted octanol–water partition coefficient (Wildman–Crippen LogP) is 3.36. The molecule has 160 valence electrons. The molecule has 1 saturated heterocycles. The van der Waals surface area contributed by atoms with Crippen molar-refractivity contribution in [2.45, 2.75) is 52.4 Å². The molecule has 1 fully saturated rings. The summed E-state index contributed by atoms with van der Waals surface area (Å²) < 4.78 is 0. The highest BCUT2D eigenvalue weighted by atomic mass is 16.1. The minimum atomic E-state index is -0.0685. The number of anilines is 1. The molecular weight excluding hydrogens is 374 g/mol. The van der Waals surface area contributed by atoms with Crippen LogP contribution in [0.25, 0.3) is 0 Å². The summed E-state index contributed by atoms with van der Waals surface area (Å²) in [7, 11) is 0. The van der Waals surface area contributed by atoms with Crippen molar-refractivity contribution < 1.29 is 4.79 Å². The standard InChI is InChI=1S/C24H33N5O/c1-4-25-24(26-15-21-11-8-12-22(14-21)27-19(3)30)28-23-13-18(2)29(17-23)16-20-9-6-5-7-10-20/h5-12,14,18,23H,4,13,15-17H2,1-3H3,(H,27,30)(H2,25,26,28). The van der Waals surface area contributed by atoms with E-state index in [0.717, 1.165) is 43.3 Å². The molecule has 2 atom stereocenters. The number of nitrogens with zero attached hydrogens (tertiary/aromatic N) is 2. The molecule has 0 saturated carbocycles. The van der Waals surface area contributed by atoms with Crippen molar-refractivity contribution in [2.24, 2.45) is 4.99 Å². The van der Waals surface area contributed by atoms with Gasteiger partial charge in [0.05, 0.1) is 6.54 Å². The summed E-state index contributed by atoms with van der Waals surface area (Å²) in [5.41, 5.74) is 3.21. The Morgan fingerprint density at radius 2 is 1.90 bits per heavy atom. The summed E-state index contributed by atoms with van der Waals surface area (Å²) in [5.74, 6) is 0.766. The van der Waals surface area contributed by atoms with E-state index in [9.17, 15) is 4.79 Å². The Bertz CT molecular complexity index is 852. The van der Waals surface area contributed by atoms with Crippen LogP contribution in [0, 0.1) is 0 Å². The summed E-state index contributed by atoms with van der Waals surface area (Å²) in [6.07, 6.45) is 1.09. The summed E-state index contributed by atoms with van der Waals surface area (Å²) in [6.45, 7) is 9.23. The van der Waals surface area contributed by atoms with Crippen LogP contribution in [0.3, 0.4) is 0 Å². The molecule has 6 nitrogen and oxygen atoms in total. The lowest BCUT2D eigenvalue weighted by atomic mass is 10.2. The molecular formula is C24H33N5O. The lowest BCUT2D eigenvalue weighted by Crippen LogP contribution is -2.44. The normalized spacial score (nSPS) is 19.5. The zero-order chi connectivity index (χ0) is 21.3. The minimum Gasteiger partial charge on any atom is -0.357 e. The number of hydrogen-bond donors (Lipinski definition) is 3. The fourth-order valence-electron chi connectivity index (χ4n) is 3.88. The number of carbonyl (C=O) groups is 1. The van der Waals surface area contributed by atoms with Gasteiger partial charge < -0.3 is 16.0 Å². The van der Waals surface area contributed by atoms with Crippen LogP contribution in [0.1, 0.15) is 38.3 Å². The van der Waals surface area contributed by atoms with Crippen LogP contribution in [0.15, 0.2) is 59.6 Å². The minimum absolute atomic E-state index is 0.0685. The van der Waals surface area contributed by atoms with E-state index in [4.69, 9.17) is 4.99 Å². The predicted molar refractivity (Wildman–Crippen MR) is 123 cm³/mol. The number of aliphatic imine (C=N–C) groups is 1. The van der Waals surface area contributed by atoms with Gasteiger partial charge in [-0.1, -0.05) is 42.5 Å². The van der Waals surface area contributed by atoms with E-state index in [1.165, 1.54) is 12.5 Å². The second-order valence-corrected chi connectivity index (χ2v) is 7.92. The highest BCUT2D eigenvalue weighted by Gasteiger charge is 2.29. The molecule has 6 heteroatoms. The Labute approximate surface area is 179 Å². The van der Waals surface area contributed by atoms with E-state index in [-0.39, 0.29) is 5.91 Å². The average molecular weight is 408 g/mol. The zero-order valence-electron chi connectivity index (χ0n) is 18.2. The second-order valence-electron chi connectivity index (χ2n) is 7.92. The van der Waals surface area contributed by atoms with Gasteiger partial charge in [0.25, 0.3) is 0 Å². The summed E-state index contributed by atoms with van der Waals surface area (Å²) in [5, 5.41) is 9.79. The van der Waals surface area contributed by atoms with Gasteiger partial charge in [0.1, 0.15) is 0 Å². The first-order valence-corrected chi connectivity index (χ1v) is 10.7. The maximum absolute atomic E-state index is 11.3. The molecule has 2 unspecified atom stereocenters. The molecule has 30 heavy (non-hydrogen) atoms. The van der Waals surface area contributed by atoms with Gasteiger partial charge >= 0.3 is 0 Å². The van der Waals surface area contributed by atoms with Crippen LogP contribution >= 0.6 is 0 Å². The molecule has 1 aliphatic heterocycles. The van der Waals surface area contributed by atoms with Crippen LogP contribution in [-0.4, -0.2) is 41.9 Å². The second kappa shape index (κ2) is 10.8. The summed E-state index contributed by atoms with van der Waals surface area (Å²) in [4.78, 5) is 18.6. The lowest BCUT2D eigenvalue weighted by molar-refractivity contribution is -0.114. The quantitative estimate of drug-likeness (QED) is 0.486. The maximum Gasteiger partial charge on any atom is 0.221 e. The first-order valence-electron chi connectivity index (χ1n) is 10.7. The summed E-state index contributed by atoms with van der Waals surface area (Å²) >= 11 is 0. The fraction of sp³-hybridized carbons (Fsp3) is 0.417. The Balaban J connectivity index is 1.59. The molecule has 3 N–H and O–H groups in total. The third-order valence-corrected chi connectivity index (χ3v) is 5.28. The van der Waals surface area contributed by atoms with Crippen molar-refractivity contribution in [1.29, 1.82) is 0 Å². The molecule has 0 aromatic heterocycles. The van der Waals surface area contributed by atoms with E-state index in [1.807, 2.05) is 24.3 Å². The largest absolute Gasteiger partial charge is 0.357 e. The average Bonchev–Trinajstić information content (AvgIpc) is 3.05.